The first-order valence-corrected chi connectivity index (χ1v) is 5.67. The standard InChI is InChI=1S/C11H12BrNO4/c1-17-9-3-2-7(6-8(9)12)13-10(14)4-5-11(15)16/h2-3,6H,4-5H2,1H3,(H,13,14)(H,15,16). The highest BCUT2D eigenvalue weighted by atomic mass is 79.9. The molecule has 6 heteroatoms. The van der Waals surface area contributed by atoms with Gasteiger partial charge in [0.25, 0.3) is 0 Å². The minimum absolute atomic E-state index is 0.0427. The maximum atomic E-state index is 11.4. The molecule has 0 heterocycles. The molecule has 0 radical (unpaired) electrons. The van der Waals surface area contributed by atoms with Gasteiger partial charge in [-0.15, -0.1) is 0 Å². The van der Waals surface area contributed by atoms with Crippen LogP contribution in [-0.4, -0.2) is 24.1 Å². The molecular weight excluding hydrogens is 290 g/mol. The van der Waals surface area contributed by atoms with Crippen LogP contribution in [0.25, 0.3) is 0 Å². The smallest absolute Gasteiger partial charge is 0.303 e. The van der Waals surface area contributed by atoms with Crippen LogP contribution in [0.1, 0.15) is 12.8 Å². The van der Waals surface area contributed by atoms with Crippen molar-refractivity contribution in [3.63, 3.8) is 0 Å². The van der Waals surface area contributed by atoms with Crippen LogP contribution in [-0.2, 0) is 9.59 Å². The second-order valence-corrected chi connectivity index (χ2v) is 4.15. The Labute approximate surface area is 107 Å². The van der Waals surface area contributed by atoms with Crippen molar-refractivity contribution in [3.05, 3.63) is 22.7 Å². The number of hydrogen-bond donors (Lipinski definition) is 2. The van der Waals surface area contributed by atoms with Crippen molar-refractivity contribution >= 4 is 33.5 Å². The quantitative estimate of drug-likeness (QED) is 0.875. The largest absolute Gasteiger partial charge is 0.496 e. The van der Waals surface area contributed by atoms with Crippen molar-refractivity contribution < 1.29 is 19.4 Å². The van der Waals surface area contributed by atoms with E-state index in [1.54, 1.807) is 25.3 Å². The number of carbonyl (C=O) groups excluding carboxylic acids is 1. The predicted molar refractivity (Wildman–Crippen MR) is 66.2 cm³/mol. The number of halogens is 1. The molecular formula is C11H12BrNO4. The van der Waals surface area contributed by atoms with Gasteiger partial charge >= 0.3 is 5.97 Å². The van der Waals surface area contributed by atoms with E-state index in [0.717, 1.165) is 4.47 Å². The lowest BCUT2D eigenvalue weighted by Gasteiger charge is -2.07. The lowest BCUT2D eigenvalue weighted by atomic mass is 10.2. The summed E-state index contributed by atoms with van der Waals surface area (Å²) in [5.74, 6) is -0.658. The van der Waals surface area contributed by atoms with Crippen LogP contribution in [0.2, 0.25) is 0 Å². The van der Waals surface area contributed by atoms with E-state index >= 15 is 0 Å². The van der Waals surface area contributed by atoms with E-state index in [9.17, 15) is 9.59 Å². The third-order valence-electron chi connectivity index (χ3n) is 2.00. The average molecular weight is 302 g/mol. The molecule has 1 aromatic rings. The van der Waals surface area contributed by atoms with Gasteiger partial charge in [-0.25, -0.2) is 0 Å². The van der Waals surface area contributed by atoms with Crippen LogP contribution in [0.5, 0.6) is 5.75 Å². The zero-order valence-corrected chi connectivity index (χ0v) is 10.8. The van der Waals surface area contributed by atoms with E-state index < -0.39 is 5.97 Å². The Morgan fingerprint density at radius 2 is 2.12 bits per heavy atom. The molecule has 5 nitrogen and oxygen atoms in total. The summed E-state index contributed by atoms with van der Waals surface area (Å²) in [5, 5.41) is 11.0. The number of ether oxygens (including phenoxy) is 1. The topological polar surface area (TPSA) is 75.6 Å². The molecule has 0 saturated carbocycles. The number of carbonyl (C=O) groups is 2. The summed E-state index contributed by atoms with van der Waals surface area (Å²) < 4.78 is 5.77. The number of nitrogens with one attached hydrogen (secondary N) is 1. The van der Waals surface area contributed by atoms with Gasteiger partial charge in [0, 0.05) is 12.1 Å². The van der Waals surface area contributed by atoms with Crippen molar-refractivity contribution in [1.82, 2.24) is 0 Å². The van der Waals surface area contributed by atoms with Gasteiger partial charge in [-0.3, -0.25) is 9.59 Å². The fraction of sp³-hybridized carbons (Fsp3) is 0.273. The molecule has 0 saturated heterocycles. The normalized spacial score (nSPS) is 9.76. The zero-order chi connectivity index (χ0) is 12.8. The maximum Gasteiger partial charge on any atom is 0.303 e. The Balaban J connectivity index is 2.60. The summed E-state index contributed by atoms with van der Waals surface area (Å²) in [6.07, 6.45) is -0.220. The van der Waals surface area contributed by atoms with Crippen molar-refractivity contribution in [2.24, 2.45) is 0 Å². The fourth-order valence-corrected chi connectivity index (χ4v) is 1.73. The number of rotatable bonds is 5. The number of amides is 1. The molecule has 0 aliphatic carbocycles. The molecule has 92 valence electrons. The second kappa shape index (κ2) is 6.24. The molecule has 2 N–H and O–H groups in total. The van der Waals surface area contributed by atoms with Crippen LogP contribution >= 0.6 is 15.9 Å². The maximum absolute atomic E-state index is 11.4. The van der Waals surface area contributed by atoms with E-state index in [-0.39, 0.29) is 18.7 Å². The number of aliphatic carboxylic acids is 1. The average Bonchev–Trinajstić information content (AvgIpc) is 2.26. The molecule has 0 aromatic heterocycles. The summed E-state index contributed by atoms with van der Waals surface area (Å²) in [5.41, 5.74) is 0.591. The van der Waals surface area contributed by atoms with Gasteiger partial charge in [0.2, 0.25) is 5.91 Å². The molecule has 1 amide bonds. The molecule has 0 bridgehead atoms. The van der Waals surface area contributed by atoms with Gasteiger partial charge in [-0.2, -0.15) is 0 Å². The highest BCUT2D eigenvalue weighted by Crippen LogP contribution is 2.27. The minimum Gasteiger partial charge on any atom is -0.496 e. The van der Waals surface area contributed by atoms with E-state index in [0.29, 0.717) is 11.4 Å². The lowest BCUT2D eigenvalue weighted by molar-refractivity contribution is -0.138. The summed E-state index contributed by atoms with van der Waals surface area (Å²) in [4.78, 5) is 21.7. The number of benzene rings is 1. The first-order valence-electron chi connectivity index (χ1n) is 4.88. The summed E-state index contributed by atoms with van der Waals surface area (Å²) in [7, 11) is 1.55. The van der Waals surface area contributed by atoms with Crippen LogP contribution < -0.4 is 10.1 Å². The molecule has 0 spiro atoms. The summed E-state index contributed by atoms with van der Waals surface area (Å²) in [6, 6.07) is 5.08. The van der Waals surface area contributed by atoms with Crippen LogP contribution in [0.15, 0.2) is 22.7 Å². The van der Waals surface area contributed by atoms with Crippen molar-refractivity contribution in [2.45, 2.75) is 12.8 Å². The second-order valence-electron chi connectivity index (χ2n) is 3.29. The van der Waals surface area contributed by atoms with Crippen LogP contribution in [0.4, 0.5) is 5.69 Å². The number of methoxy groups -OCH3 is 1. The van der Waals surface area contributed by atoms with Crippen molar-refractivity contribution in [1.29, 1.82) is 0 Å². The van der Waals surface area contributed by atoms with Gasteiger partial charge in [0.15, 0.2) is 0 Å². The first kappa shape index (κ1) is 13.5. The third-order valence-corrected chi connectivity index (χ3v) is 2.62. The Morgan fingerprint density at radius 1 is 1.41 bits per heavy atom. The molecule has 17 heavy (non-hydrogen) atoms. The Bertz CT molecular complexity index is 433. The first-order chi connectivity index (χ1) is 8.02. The predicted octanol–water partition coefficient (Wildman–Crippen LogP) is 2.26. The molecule has 0 aliphatic rings. The Morgan fingerprint density at radius 3 is 2.65 bits per heavy atom. The molecule has 0 aliphatic heterocycles. The third kappa shape index (κ3) is 4.44. The molecule has 0 fully saturated rings. The van der Waals surface area contributed by atoms with Crippen molar-refractivity contribution in [2.75, 3.05) is 12.4 Å². The zero-order valence-electron chi connectivity index (χ0n) is 9.20. The molecule has 0 unspecified atom stereocenters. The molecule has 1 rings (SSSR count). The van der Waals surface area contributed by atoms with Gasteiger partial charge in [-0.1, -0.05) is 0 Å². The fourth-order valence-electron chi connectivity index (χ4n) is 1.19. The van der Waals surface area contributed by atoms with Gasteiger partial charge in [0.1, 0.15) is 5.75 Å². The number of hydrogen-bond acceptors (Lipinski definition) is 3. The summed E-state index contributed by atoms with van der Waals surface area (Å²) >= 11 is 3.29. The van der Waals surface area contributed by atoms with E-state index in [1.807, 2.05) is 0 Å². The summed E-state index contributed by atoms with van der Waals surface area (Å²) in [6.45, 7) is 0. The highest BCUT2D eigenvalue weighted by Gasteiger charge is 2.07. The molecule has 1 aromatic carbocycles. The van der Waals surface area contributed by atoms with Crippen LogP contribution in [0, 0.1) is 0 Å². The number of carboxylic acids is 1. The van der Waals surface area contributed by atoms with Crippen LogP contribution in [0.3, 0.4) is 0 Å². The number of anilines is 1. The van der Waals surface area contributed by atoms with Gasteiger partial charge < -0.3 is 15.2 Å². The van der Waals surface area contributed by atoms with Gasteiger partial charge in [0.05, 0.1) is 18.0 Å². The monoisotopic (exact) mass is 301 g/mol. The van der Waals surface area contributed by atoms with E-state index in [1.165, 1.54) is 0 Å². The number of carboxylic acid groups (broad SMARTS) is 1. The minimum atomic E-state index is -0.990. The van der Waals surface area contributed by atoms with Crippen molar-refractivity contribution in [3.8, 4) is 5.75 Å². The Hall–Kier alpha value is -1.56. The highest BCUT2D eigenvalue weighted by molar-refractivity contribution is 9.10. The van der Waals surface area contributed by atoms with Gasteiger partial charge in [-0.05, 0) is 34.1 Å². The SMILES string of the molecule is COc1ccc(NC(=O)CCC(=O)O)cc1Br. The molecule has 0 atom stereocenters. The Kier molecular flexibility index (Phi) is 4.96. The van der Waals surface area contributed by atoms with E-state index in [4.69, 9.17) is 9.84 Å². The lowest BCUT2D eigenvalue weighted by Crippen LogP contribution is -2.13. The van der Waals surface area contributed by atoms with E-state index in [2.05, 4.69) is 21.2 Å².